The molecule has 0 spiro atoms. The van der Waals surface area contributed by atoms with Crippen LogP contribution in [-0.4, -0.2) is 23.5 Å². The zero-order valence-corrected chi connectivity index (χ0v) is 13.4. The molecule has 3 N–H and O–H groups in total. The molecule has 1 amide bonds. The SMILES string of the molecule is COc1ccc(-c2nc(NC(=O)C(C)(C)N)sc2C)cc1. The molecule has 2 aromatic rings. The first-order chi connectivity index (χ1) is 9.81. The molecule has 0 saturated heterocycles. The number of nitrogens with zero attached hydrogens (tertiary/aromatic N) is 1. The van der Waals surface area contributed by atoms with Gasteiger partial charge in [-0.05, 0) is 45.0 Å². The molecule has 0 radical (unpaired) electrons. The minimum Gasteiger partial charge on any atom is -0.497 e. The molecule has 0 aliphatic rings. The van der Waals surface area contributed by atoms with Crippen molar-refractivity contribution in [3.8, 4) is 17.0 Å². The van der Waals surface area contributed by atoms with E-state index in [2.05, 4.69) is 10.3 Å². The minimum atomic E-state index is -0.931. The number of hydrogen-bond donors (Lipinski definition) is 2. The van der Waals surface area contributed by atoms with Gasteiger partial charge in [-0.3, -0.25) is 4.79 Å². The van der Waals surface area contributed by atoms with Crippen LogP contribution in [0.2, 0.25) is 0 Å². The normalized spacial score (nSPS) is 11.3. The number of benzene rings is 1. The van der Waals surface area contributed by atoms with Gasteiger partial charge in [0.25, 0.3) is 0 Å². The highest BCUT2D eigenvalue weighted by atomic mass is 32.1. The molecule has 0 aliphatic carbocycles. The van der Waals surface area contributed by atoms with Gasteiger partial charge in [-0.15, -0.1) is 11.3 Å². The van der Waals surface area contributed by atoms with Gasteiger partial charge in [0.1, 0.15) is 5.75 Å². The van der Waals surface area contributed by atoms with Crippen molar-refractivity contribution in [3.63, 3.8) is 0 Å². The lowest BCUT2D eigenvalue weighted by Gasteiger charge is -2.16. The third-order valence-corrected chi connectivity index (χ3v) is 3.85. The number of nitrogens with two attached hydrogens (primary N) is 1. The van der Waals surface area contributed by atoms with Gasteiger partial charge in [0.2, 0.25) is 5.91 Å². The van der Waals surface area contributed by atoms with Gasteiger partial charge >= 0.3 is 0 Å². The number of aryl methyl sites for hydroxylation is 1. The molecule has 1 aromatic carbocycles. The Kier molecular flexibility index (Phi) is 4.29. The maximum atomic E-state index is 11.9. The molecule has 0 bridgehead atoms. The average molecular weight is 305 g/mol. The summed E-state index contributed by atoms with van der Waals surface area (Å²) in [5.41, 5.74) is 6.67. The van der Waals surface area contributed by atoms with Gasteiger partial charge in [0.05, 0.1) is 18.3 Å². The van der Waals surface area contributed by atoms with Crippen LogP contribution < -0.4 is 15.8 Å². The van der Waals surface area contributed by atoms with Crippen LogP contribution in [0, 0.1) is 6.92 Å². The average Bonchev–Trinajstić information content (AvgIpc) is 2.78. The van der Waals surface area contributed by atoms with E-state index in [0.29, 0.717) is 5.13 Å². The Bertz CT molecular complexity index is 642. The monoisotopic (exact) mass is 305 g/mol. The molecule has 1 aromatic heterocycles. The molecule has 21 heavy (non-hydrogen) atoms. The lowest BCUT2D eigenvalue weighted by atomic mass is 10.1. The molecule has 2 rings (SSSR count). The molecule has 5 nitrogen and oxygen atoms in total. The van der Waals surface area contributed by atoms with E-state index in [1.165, 1.54) is 11.3 Å². The Morgan fingerprint density at radius 3 is 2.48 bits per heavy atom. The Balaban J connectivity index is 2.24. The van der Waals surface area contributed by atoms with E-state index < -0.39 is 5.54 Å². The van der Waals surface area contributed by atoms with Gasteiger partial charge < -0.3 is 15.8 Å². The van der Waals surface area contributed by atoms with Crippen molar-refractivity contribution < 1.29 is 9.53 Å². The highest BCUT2D eigenvalue weighted by Crippen LogP contribution is 2.31. The van der Waals surface area contributed by atoms with Gasteiger partial charge in [-0.1, -0.05) is 0 Å². The summed E-state index contributed by atoms with van der Waals surface area (Å²) >= 11 is 1.43. The highest BCUT2D eigenvalue weighted by Gasteiger charge is 2.23. The van der Waals surface area contributed by atoms with Crippen LogP contribution in [0.4, 0.5) is 5.13 Å². The maximum Gasteiger partial charge on any atom is 0.245 e. The first-order valence-corrected chi connectivity index (χ1v) is 7.35. The minimum absolute atomic E-state index is 0.252. The number of ether oxygens (including phenoxy) is 1. The molecule has 6 heteroatoms. The van der Waals surface area contributed by atoms with Crippen molar-refractivity contribution in [2.75, 3.05) is 12.4 Å². The fourth-order valence-corrected chi connectivity index (χ4v) is 2.56. The van der Waals surface area contributed by atoms with Crippen molar-refractivity contribution in [1.82, 2.24) is 4.98 Å². The number of rotatable bonds is 4. The van der Waals surface area contributed by atoms with Crippen LogP contribution in [0.15, 0.2) is 24.3 Å². The van der Waals surface area contributed by atoms with E-state index in [0.717, 1.165) is 21.9 Å². The third kappa shape index (κ3) is 3.59. The van der Waals surface area contributed by atoms with Crippen molar-refractivity contribution in [2.45, 2.75) is 26.3 Å². The Morgan fingerprint density at radius 1 is 1.33 bits per heavy atom. The Morgan fingerprint density at radius 2 is 1.95 bits per heavy atom. The van der Waals surface area contributed by atoms with Crippen LogP contribution in [0.3, 0.4) is 0 Å². The van der Waals surface area contributed by atoms with Crippen LogP contribution in [0.25, 0.3) is 11.3 Å². The highest BCUT2D eigenvalue weighted by molar-refractivity contribution is 7.16. The second-order valence-corrected chi connectivity index (χ2v) is 6.53. The number of hydrogen-bond acceptors (Lipinski definition) is 5. The molecule has 0 unspecified atom stereocenters. The zero-order chi connectivity index (χ0) is 15.6. The number of nitrogens with one attached hydrogen (secondary N) is 1. The molecule has 0 fully saturated rings. The van der Waals surface area contributed by atoms with E-state index in [1.54, 1.807) is 21.0 Å². The molecular weight excluding hydrogens is 286 g/mol. The quantitative estimate of drug-likeness (QED) is 0.910. The number of amides is 1. The van der Waals surface area contributed by atoms with E-state index in [4.69, 9.17) is 10.5 Å². The van der Waals surface area contributed by atoms with E-state index >= 15 is 0 Å². The van der Waals surface area contributed by atoms with E-state index in [-0.39, 0.29) is 5.91 Å². The Hall–Kier alpha value is -1.92. The lowest BCUT2D eigenvalue weighted by Crippen LogP contribution is -2.45. The van der Waals surface area contributed by atoms with Crippen LogP contribution in [-0.2, 0) is 4.79 Å². The van der Waals surface area contributed by atoms with Crippen molar-refractivity contribution in [3.05, 3.63) is 29.1 Å². The summed E-state index contributed by atoms with van der Waals surface area (Å²) in [6, 6.07) is 7.66. The number of thiazole rings is 1. The number of carbonyl (C=O) groups excluding carboxylic acids is 1. The van der Waals surface area contributed by atoms with Crippen LogP contribution in [0.5, 0.6) is 5.75 Å². The second kappa shape index (κ2) is 5.83. The number of methoxy groups -OCH3 is 1. The van der Waals surface area contributed by atoms with Crippen molar-refractivity contribution >= 4 is 22.4 Å². The summed E-state index contributed by atoms with van der Waals surface area (Å²) in [6.07, 6.45) is 0. The third-order valence-electron chi connectivity index (χ3n) is 2.97. The number of carbonyl (C=O) groups is 1. The fraction of sp³-hybridized carbons (Fsp3) is 0.333. The largest absolute Gasteiger partial charge is 0.497 e. The van der Waals surface area contributed by atoms with Gasteiger partial charge in [0.15, 0.2) is 5.13 Å². The first kappa shape index (κ1) is 15.5. The second-order valence-electron chi connectivity index (χ2n) is 5.33. The predicted molar refractivity (Wildman–Crippen MR) is 85.7 cm³/mol. The van der Waals surface area contributed by atoms with E-state index in [1.807, 2.05) is 31.2 Å². The maximum absolute atomic E-state index is 11.9. The first-order valence-electron chi connectivity index (χ1n) is 6.53. The van der Waals surface area contributed by atoms with Gasteiger partial charge in [0, 0.05) is 10.4 Å². The predicted octanol–water partition coefficient (Wildman–Crippen LogP) is 2.80. The van der Waals surface area contributed by atoms with Crippen LogP contribution >= 0.6 is 11.3 Å². The summed E-state index contributed by atoms with van der Waals surface area (Å²) in [6.45, 7) is 5.29. The molecule has 112 valence electrons. The standard InChI is InChI=1S/C15H19N3O2S/c1-9-12(10-5-7-11(20-4)8-6-10)17-14(21-9)18-13(19)15(2,3)16/h5-8H,16H2,1-4H3,(H,17,18,19). The summed E-state index contributed by atoms with van der Waals surface area (Å²) in [4.78, 5) is 17.4. The summed E-state index contributed by atoms with van der Waals surface area (Å²) in [5, 5.41) is 3.31. The molecule has 0 saturated carbocycles. The van der Waals surface area contributed by atoms with Gasteiger partial charge in [-0.2, -0.15) is 0 Å². The van der Waals surface area contributed by atoms with Crippen molar-refractivity contribution in [1.29, 1.82) is 0 Å². The summed E-state index contributed by atoms with van der Waals surface area (Å²) < 4.78 is 5.14. The van der Waals surface area contributed by atoms with Crippen LogP contribution in [0.1, 0.15) is 18.7 Å². The molecule has 0 aliphatic heterocycles. The smallest absolute Gasteiger partial charge is 0.245 e. The fourth-order valence-electron chi connectivity index (χ4n) is 1.72. The zero-order valence-electron chi connectivity index (χ0n) is 12.6. The Labute approximate surface area is 128 Å². The number of aromatic nitrogens is 1. The lowest BCUT2D eigenvalue weighted by molar-refractivity contribution is -0.120. The molecule has 0 atom stereocenters. The molecular formula is C15H19N3O2S. The molecule has 1 heterocycles. The number of anilines is 1. The van der Waals surface area contributed by atoms with Gasteiger partial charge in [-0.25, -0.2) is 4.98 Å². The summed E-state index contributed by atoms with van der Waals surface area (Å²) in [7, 11) is 1.63. The summed E-state index contributed by atoms with van der Waals surface area (Å²) in [5.74, 6) is 0.544. The topological polar surface area (TPSA) is 77.2 Å². The van der Waals surface area contributed by atoms with Crippen molar-refractivity contribution in [2.24, 2.45) is 5.73 Å². The van der Waals surface area contributed by atoms with E-state index in [9.17, 15) is 4.79 Å².